The number of esters is 1. The van der Waals surface area contributed by atoms with Crippen molar-refractivity contribution >= 4 is 17.6 Å². The van der Waals surface area contributed by atoms with E-state index in [0.29, 0.717) is 23.1 Å². The van der Waals surface area contributed by atoms with Gasteiger partial charge < -0.3 is 10.5 Å². The first kappa shape index (κ1) is 14.0. The molecule has 0 aliphatic heterocycles. The van der Waals surface area contributed by atoms with Crippen LogP contribution in [0.2, 0.25) is 5.02 Å². The lowest BCUT2D eigenvalue weighted by Gasteiger charge is -2.13. The molecule has 94 valence electrons. The van der Waals surface area contributed by atoms with Crippen LogP contribution in [0, 0.1) is 5.92 Å². The number of ether oxygens (including phenoxy) is 1. The van der Waals surface area contributed by atoms with Crippen molar-refractivity contribution in [2.45, 2.75) is 26.3 Å². The summed E-state index contributed by atoms with van der Waals surface area (Å²) in [5.74, 6) is 0.0677. The average Bonchev–Trinajstić information content (AvgIpc) is 2.28. The molecule has 4 heteroatoms. The molecular weight excluding hydrogens is 238 g/mol. The highest BCUT2D eigenvalue weighted by Gasteiger charge is 2.19. The third kappa shape index (κ3) is 4.36. The summed E-state index contributed by atoms with van der Waals surface area (Å²) in [6, 6.07) is 6.22. The highest BCUT2D eigenvalue weighted by Crippen LogP contribution is 2.21. The summed E-state index contributed by atoms with van der Waals surface area (Å²) in [5.41, 5.74) is 6.40. The number of halogens is 1. The Hall–Kier alpha value is -1.06. The van der Waals surface area contributed by atoms with Crippen LogP contribution in [-0.2, 0) is 9.53 Å². The predicted octanol–water partition coefficient (Wildman–Crippen LogP) is 2.93. The second kappa shape index (κ2) is 6.62. The standard InChI is InChI=1S/C13H18ClNO2/c1-9(2)7-8-17-13(16)12(15)10-5-3-4-6-11(10)14/h3-6,9,12H,7-8,15H2,1-2H3/t12-/m1/s1. The highest BCUT2D eigenvalue weighted by atomic mass is 35.5. The molecule has 1 aromatic rings. The summed E-state index contributed by atoms with van der Waals surface area (Å²) in [4.78, 5) is 11.7. The van der Waals surface area contributed by atoms with E-state index in [1.54, 1.807) is 24.3 Å². The lowest BCUT2D eigenvalue weighted by Crippen LogP contribution is -2.24. The third-order valence-corrected chi connectivity index (χ3v) is 2.78. The summed E-state index contributed by atoms with van der Waals surface area (Å²) >= 11 is 5.96. The highest BCUT2D eigenvalue weighted by molar-refractivity contribution is 6.31. The van der Waals surface area contributed by atoms with E-state index in [9.17, 15) is 4.79 Å². The van der Waals surface area contributed by atoms with Crippen LogP contribution in [0.1, 0.15) is 31.9 Å². The van der Waals surface area contributed by atoms with Crippen LogP contribution in [0.25, 0.3) is 0 Å². The largest absolute Gasteiger partial charge is 0.464 e. The number of hydrogen-bond donors (Lipinski definition) is 1. The Labute approximate surface area is 107 Å². The summed E-state index contributed by atoms with van der Waals surface area (Å²) in [6.07, 6.45) is 0.834. The lowest BCUT2D eigenvalue weighted by atomic mass is 10.1. The van der Waals surface area contributed by atoms with Crippen LogP contribution in [0.5, 0.6) is 0 Å². The van der Waals surface area contributed by atoms with Crippen LogP contribution in [0.15, 0.2) is 24.3 Å². The van der Waals surface area contributed by atoms with Crippen LogP contribution in [0.3, 0.4) is 0 Å². The van der Waals surface area contributed by atoms with E-state index in [1.807, 2.05) is 0 Å². The van der Waals surface area contributed by atoms with Gasteiger partial charge in [-0.1, -0.05) is 43.6 Å². The summed E-state index contributed by atoms with van der Waals surface area (Å²) in [5, 5.41) is 0.487. The molecule has 0 aliphatic carbocycles. The fourth-order valence-electron chi connectivity index (χ4n) is 1.34. The van der Waals surface area contributed by atoms with E-state index >= 15 is 0 Å². The van der Waals surface area contributed by atoms with E-state index < -0.39 is 12.0 Å². The van der Waals surface area contributed by atoms with Gasteiger partial charge in [-0.3, -0.25) is 0 Å². The molecule has 0 aliphatic rings. The van der Waals surface area contributed by atoms with Gasteiger partial charge in [-0.15, -0.1) is 0 Å². The molecular formula is C13H18ClNO2. The van der Waals surface area contributed by atoms with E-state index in [1.165, 1.54) is 0 Å². The zero-order valence-corrected chi connectivity index (χ0v) is 10.9. The van der Waals surface area contributed by atoms with Crippen molar-refractivity contribution in [2.75, 3.05) is 6.61 Å². The fraction of sp³-hybridized carbons (Fsp3) is 0.462. The molecule has 2 N–H and O–H groups in total. The van der Waals surface area contributed by atoms with Gasteiger partial charge in [0.1, 0.15) is 6.04 Å². The van der Waals surface area contributed by atoms with Crippen molar-refractivity contribution < 1.29 is 9.53 Å². The maximum atomic E-state index is 11.7. The first-order valence-corrected chi connectivity index (χ1v) is 6.06. The summed E-state index contributed by atoms with van der Waals surface area (Å²) in [6.45, 7) is 4.54. The molecule has 17 heavy (non-hydrogen) atoms. The fourth-order valence-corrected chi connectivity index (χ4v) is 1.59. The maximum Gasteiger partial charge on any atom is 0.327 e. The number of nitrogens with two attached hydrogens (primary N) is 1. The smallest absolute Gasteiger partial charge is 0.327 e. The molecule has 3 nitrogen and oxygen atoms in total. The van der Waals surface area contributed by atoms with E-state index in [-0.39, 0.29) is 0 Å². The molecule has 0 bridgehead atoms. The van der Waals surface area contributed by atoms with Crippen molar-refractivity contribution in [3.8, 4) is 0 Å². The molecule has 0 heterocycles. The normalized spacial score (nSPS) is 12.5. The minimum Gasteiger partial charge on any atom is -0.464 e. The molecule has 0 fully saturated rings. The Kier molecular flexibility index (Phi) is 5.45. The molecule has 0 saturated heterocycles. The second-order valence-corrected chi connectivity index (χ2v) is 4.76. The van der Waals surface area contributed by atoms with Crippen molar-refractivity contribution in [3.05, 3.63) is 34.9 Å². The van der Waals surface area contributed by atoms with E-state index in [2.05, 4.69) is 13.8 Å². The van der Waals surface area contributed by atoms with Crippen LogP contribution < -0.4 is 5.73 Å². The van der Waals surface area contributed by atoms with Crippen LogP contribution in [-0.4, -0.2) is 12.6 Å². The predicted molar refractivity (Wildman–Crippen MR) is 68.8 cm³/mol. The lowest BCUT2D eigenvalue weighted by molar-refractivity contribution is -0.145. The van der Waals surface area contributed by atoms with Crippen molar-refractivity contribution in [1.82, 2.24) is 0 Å². The van der Waals surface area contributed by atoms with Gasteiger partial charge in [0.15, 0.2) is 0 Å². The quantitative estimate of drug-likeness (QED) is 0.823. The molecule has 0 saturated carbocycles. The molecule has 1 atom stereocenters. The molecule has 1 aromatic carbocycles. The maximum absolute atomic E-state index is 11.7. The second-order valence-electron chi connectivity index (χ2n) is 4.35. The number of benzene rings is 1. The van der Waals surface area contributed by atoms with Crippen molar-refractivity contribution in [1.29, 1.82) is 0 Å². The van der Waals surface area contributed by atoms with Gasteiger partial charge in [0.05, 0.1) is 6.61 Å². The zero-order chi connectivity index (χ0) is 12.8. The molecule has 0 radical (unpaired) electrons. The van der Waals surface area contributed by atoms with Gasteiger partial charge in [-0.05, 0) is 24.0 Å². The van der Waals surface area contributed by atoms with Gasteiger partial charge >= 0.3 is 5.97 Å². The molecule has 0 spiro atoms. The Balaban J connectivity index is 2.55. The summed E-state index contributed by atoms with van der Waals surface area (Å²) in [7, 11) is 0. The zero-order valence-electron chi connectivity index (χ0n) is 10.2. The Morgan fingerprint density at radius 1 is 1.41 bits per heavy atom. The van der Waals surface area contributed by atoms with Gasteiger partial charge in [-0.25, -0.2) is 4.79 Å². The van der Waals surface area contributed by atoms with Gasteiger partial charge in [0.2, 0.25) is 0 Å². The van der Waals surface area contributed by atoms with Crippen LogP contribution in [0.4, 0.5) is 0 Å². The monoisotopic (exact) mass is 255 g/mol. The molecule has 0 unspecified atom stereocenters. The SMILES string of the molecule is CC(C)CCOC(=O)[C@H](N)c1ccccc1Cl. The molecule has 1 rings (SSSR count). The van der Waals surface area contributed by atoms with E-state index in [4.69, 9.17) is 22.1 Å². The third-order valence-electron chi connectivity index (χ3n) is 2.43. The van der Waals surface area contributed by atoms with Crippen molar-refractivity contribution in [2.24, 2.45) is 11.7 Å². The topological polar surface area (TPSA) is 52.3 Å². The van der Waals surface area contributed by atoms with Gasteiger partial charge in [0, 0.05) is 5.02 Å². The van der Waals surface area contributed by atoms with Gasteiger partial charge in [-0.2, -0.15) is 0 Å². The Bertz CT molecular complexity index is 379. The number of carbonyl (C=O) groups excluding carboxylic acids is 1. The Morgan fingerprint density at radius 2 is 2.06 bits per heavy atom. The molecule has 0 aromatic heterocycles. The minimum absolute atomic E-state index is 0.397. The number of hydrogen-bond acceptors (Lipinski definition) is 3. The molecule has 0 amide bonds. The average molecular weight is 256 g/mol. The minimum atomic E-state index is -0.809. The van der Waals surface area contributed by atoms with Gasteiger partial charge in [0.25, 0.3) is 0 Å². The van der Waals surface area contributed by atoms with Crippen molar-refractivity contribution in [3.63, 3.8) is 0 Å². The number of rotatable bonds is 5. The first-order valence-electron chi connectivity index (χ1n) is 5.69. The Morgan fingerprint density at radius 3 is 2.65 bits per heavy atom. The first-order chi connectivity index (χ1) is 8.02. The van der Waals surface area contributed by atoms with Crippen LogP contribution >= 0.6 is 11.6 Å². The number of carbonyl (C=O) groups is 1. The summed E-state index contributed by atoms with van der Waals surface area (Å²) < 4.78 is 5.10. The van der Waals surface area contributed by atoms with E-state index in [0.717, 1.165) is 6.42 Å².